The summed E-state index contributed by atoms with van der Waals surface area (Å²) in [5.41, 5.74) is 0. The Balaban J connectivity index is 2.11. The van der Waals surface area contributed by atoms with Crippen LogP contribution in [0.15, 0.2) is 0 Å². The van der Waals surface area contributed by atoms with Crippen LogP contribution in [0.2, 0.25) is 0 Å². The highest BCUT2D eigenvalue weighted by molar-refractivity contribution is 4.62. The summed E-state index contributed by atoms with van der Waals surface area (Å²) in [6.07, 6.45) is -0.645. The van der Waals surface area contributed by atoms with E-state index in [1.165, 1.54) is 0 Å². The van der Waals surface area contributed by atoms with E-state index in [0.29, 0.717) is 13.2 Å². The highest BCUT2D eigenvalue weighted by Gasteiger charge is 2.14. The predicted octanol–water partition coefficient (Wildman–Crippen LogP) is -0.327. The summed E-state index contributed by atoms with van der Waals surface area (Å²) < 4.78 is 10.2. The molecule has 1 heterocycles. The Bertz CT molecular complexity index is 115. The summed E-state index contributed by atoms with van der Waals surface area (Å²) in [4.78, 5) is 2.14. The van der Waals surface area contributed by atoms with E-state index >= 15 is 0 Å². The van der Waals surface area contributed by atoms with Gasteiger partial charge in [0.25, 0.3) is 0 Å². The van der Waals surface area contributed by atoms with Crippen LogP contribution in [0, 0.1) is 0 Å². The van der Waals surface area contributed by atoms with Crippen molar-refractivity contribution >= 4 is 0 Å². The van der Waals surface area contributed by atoms with Gasteiger partial charge in [0.15, 0.2) is 6.29 Å². The Morgan fingerprint density at radius 1 is 1.50 bits per heavy atom. The van der Waals surface area contributed by atoms with Crippen molar-refractivity contribution in [3.05, 3.63) is 0 Å². The van der Waals surface area contributed by atoms with Crippen molar-refractivity contribution in [3.8, 4) is 0 Å². The van der Waals surface area contributed by atoms with Gasteiger partial charge in [-0.05, 0) is 6.92 Å². The smallest absolute Gasteiger partial charge is 0.167 e. The lowest BCUT2D eigenvalue weighted by atomic mass is 10.4. The molecule has 0 amide bonds. The molecule has 0 aromatic carbocycles. The van der Waals surface area contributed by atoms with Gasteiger partial charge in [-0.1, -0.05) is 0 Å². The van der Waals surface area contributed by atoms with E-state index in [1.54, 1.807) is 0 Å². The summed E-state index contributed by atoms with van der Waals surface area (Å²) in [5, 5.41) is 9.30. The molecule has 12 heavy (non-hydrogen) atoms. The van der Waals surface area contributed by atoms with Gasteiger partial charge in [-0.3, -0.25) is 4.90 Å². The molecule has 1 aliphatic rings. The molecule has 4 heteroatoms. The van der Waals surface area contributed by atoms with Crippen molar-refractivity contribution in [3.63, 3.8) is 0 Å². The molecule has 1 atom stereocenters. The fraction of sp³-hybridized carbons (Fsp3) is 1.00. The normalized spacial score (nSPS) is 22.5. The number of hydrogen-bond donors (Lipinski definition) is 1. The first-order valence-electron chi connectivity index (χ1n) is 4.42. The second kappa shape index (κ2) is 5.48. The van der Waals surface area contributed by atoms with E-state index < -0.39 is 6.29 Å². The highest BCUT2D eigenvalue weighted by Crippen LogP contribution is 1.99. The monoisotopic (exact) mass is 175 g/mol. The lowest BCUT2D eigenvalue weighted by Crippen LogP contribution is -2.41. The maximum Gasteiger partial charge on any atom is 0.167 e. The number of β-amino-alcohol motifs (C(OH)–C–C–N with tert-alkyl or cyclic N) is 1. The number of aliphatic hydroxyl groups is 1. The van der Waals surface area contributed by atoms with Gasteiger partial charge in [0, 0.05) is 26.2 Å². The average Bonchev–Trinajstić information content (AvgIpc) is 2.06. The van der Waals surface area contributed by atoms with E-state index in [1.807, 2.05) is 6.92 Å². The van der Waals surface area contributed by atoms with Crippen molar-refractivity contribution < 1.29 is 14.6 Å². The summed E-state index contributed by atoms with van der Waals surface area (Å²) in [7, 11) is 0. The molecular weight excluding hydrogens is 158 g/mol. The average molecular weight is 175 g/mol. The number of rotatable bonds is 4. The molecule has 0 bridgehead atoms. The SMILES string of the molecule is CCOC(O)CN1CCOCC1. The second-order valence-electron chi connectivity index (χ2n) is 2.82. The Morgan fingerprint density at radius 3 is 2.75 bits per heavy atom. The molecule has 1 unspecified atom stereocenters. The molecule has 0 radical (unpaired) electrons. The molecule has 1 aliphatic heterocycles. The zero-order valence-electron chi connectivity index (χ0n) is 7.53. The molecule has 72 valence electrons. The Hall–Kier alpha value is -0.160. The summed E-state index contributed by atoms with van der Waals surface area (Å²) in [6.45, 7) is 6.34. The Morgan fingerprint density at radius 2 is 2.17 bits per heavy atom. The van der Waals surface area contributed by atoms with Crippen molar-refractivity contribution in [2.24, 2.45) is 0 Å². The Kier molecular flexibility index (Phi) is 4.53. The quantitative estimate of drug-likeness (QED) is 0.594. The minimum atomic E-state index is -0.645. The van der Waals surface area contributed by atoms with E-state index in [0.717, 1.165) is 26.3 Å². The highest BCUT2D eigenvalue weighted by atomic mass is 16.6. The third-order valence-electron chi connectivity index (χ3n) is 1.88. The van der Waals surface area contributed by atoms with Gasteiger partial charge in [0.1, 0.15) is 0 Å². The van der Waals surface area contributed by atoms with E-state index in [-0.39, 0.29) is 0 Å². The number of nitrogens with zero attached hydrogens (tertiary/aromatic N) is 1. The van der Waals surface area contributed by atoms with E-state index in [4.69, 9.17) is 9.47 Å². The molecule has 0 saturated carbocycles. The maximum atomic E-state index is 9.30. The summed E-state index contributed by atoms with van der Waals surface area (Å²) in [5.74, 6) is 0. The summed E-state index contributed by atoms with van der Waals surface area (Å²) >= 11 is 0. The topological polar surface area (TPSA) is 41.9 Å². The zero-order valence-corrected chi connectivity index (χ0v) is 7.53. The third-order valence-corrected chi connectivity index (χ3v) is 1.88. The molecule has 1 N–H and O–H groups in total. The largest absolute Gasteiger partial charge is 0.379 e. The van der Waals surface area contributed by atoms with Crippen molar-refractivity contribution in [1.29, 1.82) is 0 Å². The fourth-order valence-electron chi connectivity index (χ4n) is 1.25. The lowest BCUT2D eigenvalue weighted by Gasteiger charge is -2.28. The van der Waals surface area contributed by atoms with Crippen LogP contribution in [0.1, 0.15) is 6.92 Å². The lowest BCUT2D eigenvalue weighted by molar-refractivity contribution is -0.117. The number of morpholine rings is 1. The molecule has 0 aromatic heterocycles. The van der Waals surface area contributed by atoms with Crippen LogP contribution < -0.4 is 0 Å². The van der Waals surface area contributed by atoms with Gasteiger partial charge in [-0.15, -0.1) is 0 Å². The van der Waals surface area contributed by atoms with Gasteiger partial charge in [-0.2, -0.15) is 0 Å². The minimum absolute atomic E-state index is 0.561. The molecule has 0 spiro atoms. The van der Waals surface area contributed by atoms with Gasteiger partial charge < -0.3 is 14.6 Å². The first-order valence-corrected chi connectivity index (χ1v) is 4.42. The number of hydrogen-bond acceptors (Lipinski definition) is 4. The maximum absolute atomic E-state index is 9.30. The number of ether oxygens (including phenoxy) is 2. The van der Waals surface area contributed by atoms with Gasteiger partial charge in [0.2, 0.25) is 0 Å². The standard InChI is InChI=1S/C8H17NO3/c1-2-12-8(10)7-9-3-5-11-6-4-9/h8,10H,2-7H2,1H3. The molecule has 0 aromatic rings. The van der Waals surface area contributed by atoms with Gasteiger partial charge in [-0.25, -0.2) is 0 Å². The van der Waals surface area contributed by atoms with Crippen LogP contribution in [0.5, 0.6) is 0 Å². The van der Waals surface area contributed by atoms with Gasteiger partial charge >= 0.3 is 0 Å². The molecule has 1 fully saturated rings. The van der Waals surface area contributed by atoms with E-state index in [9.17, 15) is 5.11 Å². The minimum Gasteiger partial charge on any atom is -0.379 e. The van der Waals surface area contributed by atoms with Gasteiger partial charge in [0.05, 0.1) is 13.2 Å². The van der Waals surface area contributed by atoms with Crippen LogP contribution in [0.4, 0.5) is 0 Å². The van der Waals surface area contributed by atoms with Crippen molar-refractivity contribution in [1.82, 2.24) is 4.90 Å². The number of aliphatic hydroxyl groups excluding tert-OH is 1. The predicted molar refractivity (Wildman–Crippen MR) is 44.9 cm³/mol. The van der Waals surface area contributed by atoms with Crippen LogP contribution >= 0.6 is 0 Å². The third kappa shape index (κ3) is 3.49. The van der Waals surface area contributed by atoms with Crippen LogP contribution in [-0.4, -0.2) is 55.8 Å². The first kappa shape index (κ1) is 9.92. The van der Waals surface area contributed by atoms with Crippen molar-refractivity contribution in [2.75, 3.05) is 39.5 Å². The first-order chi connectivity index (χ1) is 5.83. The summed E-state index contributed by atoms with van der Waals surface area (Å²) in [6, 6.07) is 0. The van der Waals surface area contributed by atoms with Crippen LogP contribution in [0.25, 0.3) is 0 Å². The Labute approximate surface area is 73.1 Å². The van der Waals surface area contributed by atoms with Crippen LogP contribution in [0.3, 0.4) is 0 Å². The molecular formula is C8H17NO3. The molecule has 1 saturated heterocycles. The van der Waals surface area contributed by atoms with E-state index in [2.05, 4.69) is 4.90 Å². The molecule has 1 rings (SSSR count). The fourth-order valence-corrected chi connectivity index (χ4v) is 1.25. The van der Waals surface area contributed by atoms with Crippen LogP contribution in [-0.2, 0) is 9.47 Å². The molecule has 4 nitrogen and oxygen atoms in total. The second-order valence-corrected chi connectivity index (χ2v) is 2.82. The molecule has 0 aliphatic carbocycles. The zero-order chi connectivity index (χ0) is 8.81. The van der Waals surface area contributed by atoms with Crippen molar-refractivity contribution in [2.45, 2.75) is 13.2 Å².